The molecule has 5 aliphatic rings. The summed E-state index contributed by atoms with van der Waals surface area (Å²) in [5.74, 6) is 0.494. The van der Waals surface area contributed by atoms with Crippen molar-refractivity contribution >= 4 is 5.78 Å². The first-order valence-electron chi connectivity index (χ1n) is 16.4. The first kappa shape index (κ1) is 33.4. The van der Waals surface area contributed by atoms with Crippen LogP contribution in [0.25, 0.3) is 0 Å². The first-order valence-corrected chi connectivity index (χ1v) is 16.4. The van der Waals surface area contributed by atoms with E-state index in [9.17, 15) is 40.5 Å². The number of ketones is 1. The lowest BCUT2D eigenvalue weighted by Crippen LogP contribution is -2.59. The largest absolute Gasteiger partial charge is 0.394 e. The van der Waals surface area contributed by atoms with E-state index in [2.05, 4.69) is 13.8 Å². The van der Waals surface area contributed by atoms with Gasteiger partial charge >= 0.3 is 0 Å². The van der Waals surface area contributed by atoms with Gasteiger partial charge in [-0.1, -0.05) is 33.3 Å². The molecule has 16 atom stereocenters. The molecule has 1 aliphatic heterocycles. The van der Waals surface area contributed by atoms with Gasteiger partial charge in [-0.05, 0) is 91.9 Å². The maximum Gasteiger partial charge on any atom is 0.186 e. The summed E-state index contributed by atoms with van der Waals surface area (Å²) in [6.45, 7) is 7.98. The number of allylic oxidation sites excluding steroid dienone is 1. The molecule has 0 radical (unpaired) electrons. The van der Waals surface area contributed by atoms with Crippen molar-refractivity contribution < 1.29 is 50.0 Å². The van der Waals surface area contributed by atoms with Crippen LogP contribution >= 0.6 is 0 Å². The molecule has 246 valence electrons. The maximum atomic E-state index is 12.2. The number of ether oxygens (including phenoxy) is 2. The second-order valence-electron chi connectivity index (χ2n) is 15.1. The molecule has 10 nitrogen and oxygen atoms in total. The van der Waals surface area contributed by atoms with Gasteiger partial charge in [0.05, 0.1) is 31.5 Å². The lowest BCUT2D eigenvalue weighted by atomic mass is 9.45. The molecule has 43 heavy (non-hydrogen) atoms. The standard InChI is InChI=1S/C33H54O10/c1-16(15-42-31-30(41)29(40)28(39)25(14-34)43-31)5-8-23(36)17(2)27-24(37)12-22-20-7-6-18-11-19(35)9-10-32(18,3)21(20)13-26(38)33(22,27)4/h11,16-17,20-31,34,36-41H,5-10,12-15H2,1-4H3. The third kappa shape index (κ3) is 5.78. The van der Waals surface area contributed by atoms with Gasteiger partial charge in [0.1, 0.15) is 24.4 Å². The number of hydrogen-bond donors (Lipinski definition) is 7. The van der Waals surface area contributed by atoms with Crippen molar-refractivity contribution in [1.29, 1.82) is 0 Å². The number of carbonyl (C=O) groups is 1. The van der Waals surface area contributed by atoms with Gasteiger partial charge in [-0.15, -0.1) is 0 Å². The number of hydrogen-bond acceptors (Lipinski definition) is 10. The molecule has 0 bridgehead atoms. The maximum absolute atomic E-state index is 12.2. The Bertz CT molecular complexity index is 1030. The predicted molar refractivity (Wildman–Crippen MR) is 156 cm³/mol. The fourth-order valence-electron chi connectivity index (χ4n) is 10.0. The Labute approximate surface area is 255 Å². The third-order valence-corrected chi connectivity index (χ3v) is 12.7. The number of rotatable bonds is 9. The van der Waals surface area contributed by atoms with Crippen LogP contribution in [0.1, 0.15) is 79.1 Å². The van der Waals surface area contributed by atoms with Crippen molar-refractivity contribution in [1.82, 2.24) is 0 Å². The van der Waals surface area contributed by atoms with Crippen molar-refractivity contribution in [2.75, 3.05) is 13.2 Å². The number of carbonyl (C=O) groups excluding carboxylic acids is 1. The highest BCUT2D eigenvalue weighted by atomic mass is 16.7. The average Bonchev–Trinajstić information content (AvgIpc) is 3.25. The van der Waals surface area contributed by atoms with Crippen LogP contribution in [0.3, 0.4) is 0 Å². The molecule has 1 heterocycles. The van der Waals surface area contributed by atoms with Crippen molar-refractivity contribution in [3.05, 3.63) is 11.6 Å². The van der Waals surface area contributed by atoms with Crippen molar-refractivity contribution in [2.24, 2.45) is 46.3 Å². The summed E-state index contributed by atoms with van der Waals surface area (Å²) in [4.78, 5) is 12.2. The first-order chi connectivity index (χ1) is 20.2. The fourth-order valence-corrected chi connectivity index (χ4v) is 10.0. The minimum Gasteiger partial charge on any atom is -0.394 e. The molecule has 1 saturated heterocycles. The van der Waals surface area contributed by atoms with E-state index in [1.165, 1.54) is 5.57 Å². The molecule has 0 aromatic carbocycles. The molecule has 3 saturated carbocycles. The van der Waals surface area contributed by atoms with Crippen LogP contribution in [0.5, 0.6) is 0 Å². The molecule has 0 aromatic rings. The molecule has 5 rings (SSSR count). The molecule has 0 amide bonds. The van der Waals surface area contributed by atoms with Gasteiger partial charge in [0.15, 0.2) is 12.1 Å². The van der Waals surface area contributed by atoms with Crippen LogP contribution in [0, 0.1) is 46.3 Å². The fraction of sp³-hybridized carbons (Fsp3) is 0.909. The summed E-state index contributed by atoms with van der Waals surface area (Å²) >= 11 is 0. The second-order valence-corrected chi connectivity index (χ2v) is 15.1. The second kappa shape index (κ2) is 12.7. The van der Waals surface area contributed by atoms with Crippen LogP contribution in [0.4, 0.5) is 0 Å². The van der Waals surface area contributed by atoms with Crippen LogP contribution in [0.2, 0.25) is 0 Å². The Hall–Kier alpha value is -0.950. The zero-order valence-corrected chi connectivity index (χ0v) is 26.1. The van der Waals surface area contributed by atoms with Crippen LogP contribution < -0.4 is 0 Å². The van der Waals surface area contributed by atoms with E-state index in [1.807, 2.05) is 19.9 Å². The highest BCUT2D eigenvalue weighted by Gasteiger charge is 2.65. The van der Waals surface area contributed by atoms with Gasteiger partial charge in [0.2, 0.25) is 0 Å². The molecule has 0 aromatic heterocycles. The topological polar surface area (TPSA) is 177 Å². The third-order valence-electron chi connectivity index (χ3n) is 12.7. The van der Waals surface area contributed by atoms with Gasteiger partial charge in [0.25, 0.3) is 0 Å². The highest BCUT2D eigenvalue weighted by molar-refractivity contribution is 5.91. The van der Waals surface area contributed by atoms with E-state index in [4.69, 9.17) is 9.47 Å². The lowest BCUT2D eigenvalue weighted by Gasteiger charge is -2.60. The van der Waals surface area contributed by atoms with E-state index in [0.717, 1.165) is 19.3 Å². The van der Waals surface area contributed by atoms with Crippen LogP contribution in [-0.2, 0) is 14.3 Å². The lowest BCUT2D eigenvalue weighted by molar-refractivity contribution is -0.303. The van der Waals surface area contributed by atoms with Gasteiger partial charge < -0.3 is 45.2 Å². The van der Waals surface area contributed by atoms with E-state index in [1.54, 1.807) is 0 Å². The Balaban J connectivity index is 1.19. The number of aliphatic hydroxyl groups is 7. The van der Waals surface area contributed by atoms with Crippen molar-refractivity contribution in [3.63, 3.8) is 0 Å². The average molecular weight is 611 g/mol. The normalized spacial score (nSPS) is 48.5. The quantitative estimate of drug-likeness (QED) is 0.201. The van der Waals surface area contributed by atoms with Crippen LogP contribution in [0.15, 0.2) is 11.6 Å². The molecule has 4 aliphatic carbocycles. The SMILES string of the molecule is CC(CCC(O)C(C)C1C(O)CC2C3CCC4=CC(=O)CCC4(C)C3CC(O)C21C)COC1OC(CO)C(O)C(O)C1O. The van der Waals surface area contributed by atoms with E-state index < -0.39 is 61.0 Å². The Morgan fingerprint density at radius 2 is 1.72 bits per heavy atom. The number of fused-ring (bicyclic) bond motifs is 5. The summed E-state index contributed by atoms with van der Waals surface area (Å²) in [6, 6.07) is 0. The monoisotopic (exact) mass is 610 g/mol. The highest BCUT2D eigenvalue weighted by Crippen LogP contribution is 2.67. The van der Waals surface area contributed by atoms with Gasteiger partial charge in [0, 0.05) is 11.8 Å². The summed E-state index contributed by atoms with van der Waals surface area (Å²) in [5.41, 5.74) is 0.645. The zero-order valence-electron chi connectivity index (χ0n) is 26.1. The van der Waals surface area contributed by atoms with Crippen molar-refractivity contribution in [3.8, 4) is 0 Å². The van der Waals surface area contributed by atoms with E-state index in [0.29, 0.717) is 38.0 Å². The Morgan fingerprint density at radius 3 is 2.42 bits per heavy atom. The molecular formula is C33H54O10. The summed E-state index contributed by atoms with van der Waals surface area (Å²) in [6.07, 6.45) is -1.07. The van der Waals surface area contributed by atoms with E-state index >= 15 is 0 Å². The molecule has 4 fully saturated rings. The number of aliphatic hydroxyl groups excluding tert-OH is 7. The van der Waals surface area contributed by atoms with Crippen LogP contribution in [-0.4, -0.2) is 104 Å². The predicted octanol–water partition coefficient (Wildman–Crippen LogP) is 1.31. The minimum absolute atomic E-state index is 0.0281. The summed E-state index contributed by atoms with van der Waals surface area (Å²) in [7, 11) is 0. The zero-order chi connectivity index (χ0) is 31.4. The Morgan fingerprint density at radius 1 is 1.00 bits per heavy atom. The van der Waals surface area contributed by atoms with Gasteiger partial charge in [-0.25, -0.2) is 0 Å². The Kier molecular flexibility index (Phi) is 9.86. The van der Waals surface area contributed by atoms with Gasteiger partial charge in [-0.3, -0.25) is 4.79 Å². The molecule has 16 unspecified atom stereocenters. The summed E-state index contributed by atoms with van der Waals surface area (Å²) < 4.78 is 11.1. The van der Waals surface area contributed by atoms with E-state index in [-0.39, 0.29) is 47.4 Å². The smallest absolute Gasteiger partial charge is 0.186 e. The van der Waals surface area contributed by atoms with Gasteiger partial charge in [-0.2, -0.15) is 0 Å². The van der Waals surface area contributed by atoms with Crippen molar-refractivity contribution in [2.45, 2.75) is 128 Å². The molecule has 0 spiro atoms. The minimum atomic E-state index is -1.50. The summed E-state index contributed by atoms with van der Waals surface area (Å²) in [5, 5.41) is 74.2. The molecular weight excluding hydrogens is 556 g/mol. The molecule has 10 heteroatoms. The molecule has 7 N–H and O–H groups in total.